The molecule has 0 aliphatic rings. The molecule has 0 bridgehead atoms. The highest BCUT2D eigenvalue weighted by Gasteiger charge is 2.20. The Morgan fingerprint density at radius 2 is 2.10 bits per heavy atom. The van der Waals surface area contributed by atoms with E-state index in [1.54, 1.807) is 19.1 Å². The number of thiophene rings is 1. The summed E-state index contributed by atoms with van der Waals surface area (Å²) in [6.07, 6.45) is 1.44. The van der Waals surface area contributed by atoms with Crippen molar-refractivity contribution in [2.75, 3.05) is 0 Å². The Kier molecular flexibility index (Phi) is 6.11. The number of aryl methyl sites for hydroxylation is 1. The van der Waals surface area contributed by atoms with Gasteiger partial charge < -0.3 is 9.15 Å². The summed E-state index contributed by atoms with van der Waals surface area (Å²) in [4.78, 5) is 22.5. The van der Waals surface area contributed by atoms with Crippen LogP contribution in [0, 0.1) is 17.0 Å². The van der Waals surface area contributed by atoms with Crippen molar-refractivity contribution in [3.8, 4) is 0 Å². The Labute approximate surface area is 170 Å². The smallest absolute Gasteiger partial charge is 0.338 e. The van der Waals surface area contributed by atoms with Gasteiger partial charge >= 0.3 is 11.0 Å². The molecule has 2 aromatic heterocycles. The second-order valence-corrected chi connectivity index (χ2v) is 8.66. The van der Waals surface area contributed by atoms with Crippen molar-refractivity contribution >= 4 is 32.3 Å². The molecule has 0 aliphatic heterocycles. The highest BCUT2D eigenvalue weighted by atomic mass is 32.2. The first-order chi connectivity index (χ1) is 13.8. The topological polar surface area (TPSA) is 129 Å². The highest BCUT2D eigenvalue weighted by Crippen LogP contribution is 2.24. The molecule has 0 atom stereocenters. The molecular weight excluding hydrogens is 420 g/mol. The maximum Gasteiger partial charge on any atom is 0.338 e. The van der Waals surface area contributed by atoms with Gasteiger partial charge in [-0.1, -0.05) is 17.4 Å². The Hall–Kier alpha value is -3.02. The first-order valence-electron chi connectivity index (χ1n) is 8.28. The van der Waals surface area contributed by atoms with Gasteiger partial charge in [0.1, 0.15) is 12.4 Å². The lowest BCUT2D eigenvalue weighted by Gasteiger charge is -2.10. The monoisotopic (exact) mass is 436 g/mol. The molecule has 0 saturated heterocycles. The van der Waals surface area contributed by atoms with Crippen LogP contribution in [0.1, 0.15) is 27.2 Å². The summed E-state index contributed by atoms with van der Waals surface area (Å²) in [6.45, 7) is 1.47. The highest BCUT2D eigenvalue weighted by molar-refractivity contribution is 7.89. The first-order valence-corrected chi connectivity index (χ1v) is 10.6. The molecule has 0 spiro atoms. The van der Waals surface area contributed by atoms with E-state index in [-0.39, 0.29) is 28.6 Å². The van der Waals surface area contributed by atoms with Crippen LogP contribution in [0.3, 0.4) is 0 Å². The molecule has 2 heterocycles. The lowest BCUT2D eigenvalue weighted by Crippen LogP contribution is -2.23. The largest absolute Gasteiger partial charge is 0.468 e. The number of furan rings is 1. The van der Waals surface area contributed by atoms with E-state index in [4.69, 9.17) is 9.15 Å². The maximum atomic E-state index is 12.5. The number of carbonyl (C=O) groups excluding carboxylic acids is 1. The summed E-state index contributed by atoms with van der Waals surface area (Å²) in [5, 5.41) is 12.2. The minimum atomic E-state index is -3.87. The van der Waals surface area contributed by atoms with Crippen molar-refractivity contribution in [1.29, 1.82) is 0 Å². The summed E-state index contributed by atoms with van der Waals surface area (Å²) in [7, 11) is -3.87. The van der Waals surface area contributed by atoms with E-state index >= 15 is 0 Å². The molecule has 0 radical (unpaired) electrons. The molecule has 3 rings (SSSR count). The van der Waals surface area contributed by atoms with E-state index in [1.165, 1.54) is 35.9 Å². The van der Waals surface area contributed by atoms with Crippen LogP contribution < -0.4 is 4.72 Å². The van der Waals surface area contributed by atoms with Crippen LogP contribution in [0.15, 0.2) is 57.4 Å². The number of nitrogens with zero attached hydrogens (tertiary/aromatic N) is 1. The Morgan fingerprint density at radius 1 is 1.31 bits per heavy atom. The average Bonchev–Trinajstić information content (AvgIpc) is 3.36. The molecule has 0 aliphatic carbocycles. The summed E-state index contributed by atoms with van der Waals surface area (Å²) in [6, 6.07) is 8.73. The second-order valence-electron chi connectivity index (χ2n) is 6.01. The van der Waals surface area contributed by atoms with Gasteiger partial charge in [-0.05, 0) is 36.8 Å². The first kappa shape index (κ1) is 20.7. The van der Waals surface area contributed by atoms with Crippen LogP contribution >= 0.6 is 11.3 Å². The van der Waals surface area contributed by atoms with Gasteiger partial charge in [-0.3, -0.25) is 10.1 Å². The Balaban J connectivity index is 1.71. The number of sulfonamides is 1. The third kappa shape index (κ3) is 5.08. The number of ether oxygens (including phenoxy) is 1. The number of esters is 1. The fraction of sp³-hybridized carbons (Fsp3) is 0.167. The van der Waals surface area contributed by atoms with E-state index in [0.29, 0.717) is 16.9 Å². The van der Waals surface area contributed by atoms with Crippen LogP contribution in [-0.2, 0) is 27.9 Å². The third-order valence-corrected chi connectivity index (χ3v) is 6.27. The number of hydrogen-bond acceptors (Lipinski definition) is 8. The molecular formula is C18H16N2O7S2. The molecule has 152 valence electrons. The minimum absolute atomic E-state index is 0.0279. The summed E-state index contributed by atoms with van der Waals surface area (Å²) in [5.41, 5.74) is 1.11. The van der Waals surface area contributed by atoms with Gasteiger partial charge in [0, 0.05) is 17.0 Å². The van der Waals surface area contributed by atoms with Gasteiger partial charge in [-0.25, -0.2) is 17.9 Å². The van der Waals surface area contributed by atoms with Crippen LogP contribution in [0.25, 0.3) is 0 Å². The summed E-state index contributed by atoms with van der Waals surface area (Å²) < 4.78 is 37.7. The number of benzene rings is 1. The third-order valence-electron chi connectivity index (χ3n) is 3.95. The zero-order valence-electron chi connectivity index (χ0n) is 15.2. The Bertz CT molecular complexity index is 1130. The minimum Gasteiger partial charge on any atom is -0.468 e. The standard InChI is InChI=1S/C18H16N2O7S2/c1-12-4-5-15(29(24,25)19-9-14-3-2-6-26-14)8-16(12)18(21)27-10-13-7-17(20(22)23)28-11-13/h2-8,11,19H,9-10H2,1H3. The normalized spacial score (nSPS) is 11.3. The van der Waals surface area contributed by atoms with E-state index < -0.39 is 20.9 Å². The molecule has 11 heteroatoms. The summed E-state index contributed by atoms with van der Waals surface area (Å²) in [5.74, 6) is -0.274. The van der Waals surface area contributed by atoms with E-state index in [2.05, 4.69) is 4.72 Å². The number of rotatable bonds is 8. The van der Waals surface area contributed by atoms with Gasteiger partial charge in [-0.2, -0.15) is 0 Å². The van der Waals surface area contributed by atoms with Crippen LogP contribution in [0.2, 0.25) is 0 Å². The number of carbonyl (C=O) groups is 1. The molecule has 1 N–H and O–H groups in total. The average molecular weight is 436 g/mol. The molecule has 9 nitrogen and oxygen atoms in total. The molecule has 0 fully saturated rings. The zero-order chi connectivity index (χ0) is 21.0. The predicted octanol–water partition coefficient (Wildman–Crippen LogP) is 3.39. The van der Waals surface area contributed by atoms with E-state index in [0.717, 1.165) is 11.3 Å². The van der Waals surface area contributed by atoms with Crippen LogP contribution in [0.4, 0.5) is 5.00 Å². The van der Waals surface area contributed by atoms with Gasteiger partial charge in [0.15, 0.2) is 0 Å². The number of nitro groups is 1. The lowest BCUT2D eigenvalue weighted by atomic mass is 10.1. The molecule has 0 amide bonds. The van der Waals surface area contributed by atoms with Crippen molar-refractivity contribution in [1.82, 2.24) is 4.72 Å². The SMILES string of the molecule is Cc1ccc(S(=O)(=O)NCc2ccco2)cc1C(=O)OCc1csc([N+](=O)[O-])c1. The predicted molar refractivity (Wildman–Crippen MR) is 104 cm³/mol. The van der Waals surface area contributed by atoms with E-state index in [1.807, 2.05) is 0 Å². The fourth-order valence-electron chi connectivity index (χ4n) is 2.41. The molecule has 0 saturated carbocycles. The number of hydrogen-bond donors (Lipinski definition) is 1. The van der Waals surface area contributed by atoms with Crippen molar-refractivity contribution in [2.24, 2.45) is 0 Å². The Morgan fingerprint density at radius 3 is 2.76 bits per heavy atom. The fourth-order valence-corrected chi connectivity index (χ4v) is 4.14. The van der Waals surface area contributed by atoms with Gasteiger partial charge in [0.2, 0.25) is 10.0 Å². The van der Waals surface area contributed by atoms with Crippen molar-refractivity contribution < 1.29 is 27.3 Å². The van der Waals surface area contributed by atoms with Gasteiger partial charge in [-0.15, -0.1) is 0 Å². The lowest BCUT2D eigenvalue weighted by molar-refractivity contribution is -0.380. The van der Waals surface area contributed by atoms with E-state index in [9.17, 15) is 23.3 Å². The van der Waals surface area contributed by atoms with Gasteiger partial charge in [0.05, 0.1) is 28.2 Å². The molecule has 29 heavy (non-hydrogen) atoms. The maximum absolute atomic E-state index is 12.5. The van der Waals surface area contributed by atoms with Crippen molar-refractivity contribution in [3.63, 3.8) is 0 Å². The van der Waals surface area contributed by atoms with Crippen LogP contribution in [-0.4, -0.2) is 19.3 Å². The molecule has 0 unspecified atom stereocenters. The molecule has 1 aromatic carbocycles. The van der Waals surface area contributed by atoms with Gasteiger partial charge in [0.25, 0.3) is 0 Å². The summed E-state index contributed by atoms with van der Waals surface area (Å²) >= 11 is 0.933. The van der Waals surface area contributed by atoms with Crippen molar-refractivity contribution in [3.05, 3.63) is 80.6 Å². The second kappa shape index (κ2) is 8.55. The molecule has 3 aromatic rings. The number of nitrogens with one attached hydrogen (secondary N) is 1. The van der Waals surface area contributed by atoms with Crippen molar-refractivity contribution in [2.45, 2.75) is 25.0 Å². The quantitative estimate of drug-likeness (QED) is 0.325. The zero-order valence-corrected chi connectivity index (χ0v) is 16.8. The van der Waals surface area contributed by atoms with Crippen LogP contribution in [0.5, 0.6) is 0 Å².